The van der Waals surface area contributed by atoms with Gasteiger partial charge in [-0.15, -0.1) is 13.2 Å². The number of rotatable bonds is 8. The molecule has 2 heterocycles. The van der Waals surface area contributed by atoms with Gasteiger partial charge < -0.3 is 20.1 Å². The van der Waals surface area contributed by atoms with E-state index in [0.717, 1.165) is 12.8 Å². The van der Waals surface area contributed by atoms with Crippen LogP contribution in [0.2, 0.25) is 5.02 Å². The Labute approximate surface area is 200 Å². The highest BCUT2D eigenvalue weighted by atomic mass is 35.5. The van der Waals surface area contributed by atoms with E-state index in [1.54, 1.807) is 6.07 Å². The minimum Gasteiger partial charge on any atom is -0.402 e. The third-order valence-electron chi connectivity index (χ3n) is 5.21. The third kappa shape index (κ3) is 6.83. The van der Waals surface area contributed by atoms with Crippen LogP contribution in [0.3, 0.4) is 0 Å². The predicted molar refractivity (Wildman–Crippen MR) is 121 cm³/mol. The summed E-state index contributed by atoms with van der Waals surface area (Å²) in [6.45, 7) is 4.08. The van der Waals surface area contributed by atoms with E-state index in [0.29, 0.717) is 18.6 Å². The largest absolute Gasteiger partial charge is 0.573 e. The molecule has 184 valence electrons. The van der Waals surface area contributed by atoms with Crippen LogP contribution in [-0.4, -0.2) is 42.3 Å². The smallest absolute Gasteiger partial charge is 0.402 e. The quantitative estimate of drug-likeness (QED) is 0.507. The third-order valence-corrected chi connectivity index (χ3v) is 5.51. The lowest BCUT2D eigenvalue weighted by atomic mass is 9.98. The number of alkyl halides is 3. The molecule has 0 aliphatic carbocycles. The van der Waals surface area contributed by atoms with Crippen molar-refractivity contribution in [2.45, 2.75) is 51.5 Å². The number of halogens is 4. The highest BCUT2D eigenvalue weighted by molar-refractivity contribution is 6.32. The van der Waals surface area contributed by atoms with Gasteiger partial charge in [-0.2, -0.15) is 0 Å². The molecule has 1 aliphatic heterocycles. The van der Waals surface area contributed by atoms with E-state index in [9.17, 15) is 22.8 Å². The van der Waals surface area contributed by atoms with Crippen LogP contribution in [0.4, 0.5) is 24.7 Å². The first-order chi connectivity index (χ1) is 16.0. The van der Waals surface area contributed by atoms with E-state index in [4.69, 9.17) is 16.3 Å². The van der Waals surface area contributed by atoms with Crippen molar-refractivity contribution >= 4 is 34.8 Å². The van der Waals surface area contributed by atoms with Gasteiger partial charge in [0.05, 0.1) is 22.8 Å². The summed E-state index contributed by atoms with van der Waals surface area (Å²) < 4.78 is 47.9. The number of hydrogen-bond donors (Lipinski definition) is 2. The van der Waals surface area contributed by atoms with Crippen molar-refractivity contribution in [1.82, 2.24) is 10.3 Å². The number of benzene rings is 1. The fourth-order valence-corrected chi connectivity index (χ4v) is 3.76. The molecule has 0 spiro atoms. The van der Waals surface area contributed by atoms with Gasteiger partial charge in [0, 0.05) is 12.8 Å². The number of carbonyl (C=O) groups excluding carboxylic acids is 2. The summed E-state index contributed by atoms with van der Waals surface area (Å²) in [7, 11) is 0. The maximum absolute atomic E-state index is 12.8. The lowest BCUT2D eigenvalue weighted by molar-refractivity contribution is -0.274. The number of Topliss-reactive ketones (excluding diaryl/α,β-unsaturated/α-hetero) is 1. The van der Waals surface area contributed by atoms with E-state index < -0.39 is 24.1 Å². The standard InChI is InChI=1S/C23H25ClF3N3O4/c1-13(2)14-10-20(30-17-7-5-6-16(24)21(17)34-23(25,26)27)28-11-15(14)22(32)29-12-18(31)19-8-3-4-9-33-19/h5-7,10-11,13,19H,3-4,8-9,12H2,1-2H3,(H,28,30)(H,29,32). The van der Waals surface area contributed by atoms with E-state index in [1.807, 2.05) is 13.8 Å². The van der Waals surface area contributed by atoms with Gasteiger partial charge in [0.1, 0.15) is 11.9 Å². The molecule has 0 radical (unpaired) electrons. The van der Waals surface area contributed by atoms with Crippen LogP contribution in [0.25, 0.3) is 0 Å². The molecule has 1 aromatic heterocycles. The SMILES string of the molecule is CC(C)c1cc(Nc2cccc(Cl)c2OC(F)(F)F)ncc1C(=O)NCC(=O)C1CCCCO1. The number of para-hydroxylation sites is 1. The van der Waals surface area contributed by atoms with Crippen molar-refractivity contribution in [2.24, 2.45) is 0 Å². The first-order valence-electron chi connectivity index (χ1n) is 10.8. The van der Waals surface area contributed by atoms with Crippen LogP contribution in [0.15, 0.2) is 30.5 Å². The van der Waals surface area contributed by atoms with Gasteiger partial charge in [0.2, 0.25) is 0 Å². The molecule has 3 rings (SSSR count). The zero-order valence-electron chi connectivity index (χ0n) is 18.7. The summed E-state index contributed by atoms with van der Waals surface area (Å²) in [5.74, 6) is -1.18. The average Bonchev–Trinajstić information content (AvgIpc) is 2.79. The summed E-state index contributed by atoms with van der Waals surface area (Å²) in [5, 5.41) is 5.15. The van der Waals surface area contributed by atoms with Crippen molar-refractivity contribution in [3.63, 3.8) is 0 Å². The monoisotopic (exact) mass is 499 g/mol. The van der Waals surface area contributed by atoms with Crippen molar-refractivity contribution < 1.29 is 32.2 Å². The zero-order valence-corrected chi connectivity index (χ0v) is 19.4. The molecule has 1 aromatic carbocycles. The Bertz CT molecular complexity index is 1040. The summed E-state index contributed by atoms with van der Waals surface area (Å²) in [4.78, 5) is 29.2. The van der Waals surface area contributed by atoms with E-state index >= 15 is 0 Å². The average molecular weight is 500 g/mol. The highest BCUT2D eigenvalue weighted by Gasteiger charge is 2.33. The molecule has 0 bridgehead atoms. The number of nitrogens with zero attached hydrogens (tertiary/aromatic N) is 1. The van der Waals surface area contributed by atoms with Crippen molar-refractivity contribution in [3.05, 3.63) is 46.6 Å². The number of pyridine rings is 1. The molecule has 0 saturated carbocycles. The van der Waals surface area contributed by atoms with Gasteiger partial charge in [-0.3, -0.25) is 9.59 Å². The molecule has 1 saturated heterocycles. The fourth-order valence-electron chi connectivity index (χ4n) is 3.54. The fraction of sp³-hybridized carbons (Fsp3) is 0.435. The Hall–Kier alpha value is -2.85. The van der Waals surface area contributed by atoms with Crippen LogP contribution in [0.5, 0.6) is 5.75 Å². The minimum absolute atomic E-state index is 0.0395. The second kappa shape index (κ2) is 11.1. The second-order valence-electron chi connectivity index (χ2n) is 8.11. The molecule has 1 atom stereocenters. The predicted octanol–water partition coefficient (Wildman–Crippen LogP) is 5.37. The number of aromatic nitrogens is 1. The van der Waals surface area contributed by atoms with Gasteiger partial charge in [0.15, 0.2) is 11.5 Å². The van der Waals surface area contributed by atoms with Crippen molar-refractivity contribution in [2.75, 3.05) is 18.5 Å². The van der Waals surface area contributed by atoms with Gasteiger partial charge in [-0.25, -0.2) is 4.98 Å². The molecule has 1 fully saturated rings. The lowest BCUT2D eigenvalue weighted by Gasteiger charge is -2.21. The number of amides is 1. The molecule has 7 nitrogen and oxygen atoms in total. The molecular weight excluding hydrogens is 475 g/mol. The molecule has 2 aromatic rings. The highest BCUT2D eigenvalue weighted by Crippen LogP contribution is 2.38. The Morgan fingerprint density at radius 3 is 2.71 bits per heavy atom. The normalized spacial score (nSPS) is 16.3. The minimum atomic E-state index is -4.93. The molecule has 2 N–H and O–H groups in total. The van der Waals surface area contributed by atoms with Crippen LogP contribution < -0.4 is 15.4 Å². The Morgan fingerprint density at radius 2 is 2.06 bits per heavy atom. The molecule has 1 unspecified atom stereocenters. The second-order valence-corrected chi connectivity index (χ2v) is 8.51. The Kier molecular flexibility index (Phi) is 8.37. The van der Waals surface area contributed by atoms with Crippen LogP contribution in [-0.2, 0) is 9.53 Å². The van der Waals surface area contributed by atoms with Gasteiger partial charge in [-0.1, -0.05) is 31.5 Å². The van der Waals surface area contributed by atoms with Crippen LogP contribution in [0.1, 0.15) is 54.9 Å². The number of anilines is 2. The number of ether oxygens (including phenoxy) is 2. The van der Waals surface area contributed by atoms with Crippen molar-refractivity contribution in [3.8, 4) is 5.75 Å². The first kappa shape index (κ1) is 25.8. The van der Waals surface area contributed by atoms with E-state index in [1.165, 1.54) is 24.4 Å². The molecule has 1 amide bonds. The maximum Gasteiger partial charge on any atom is 0.573 e. The Balaban J connectivity index is 1.76. The molecular formula is C23H25ClF3N3O4. The maximum atomic E-state index is 12.8. The van der Waals surface area contributed by atoms with Gasteiger partial charge in [-0.05, 0) is 48.9 Å². The summed E-state index contributed by atoms with van der Waals surface area (Å²) in [6.07, 6.45) is -1.67. The summed E-state index contributed by atoms with van der Waals surface area (Å²) in [5.41, 5.74) is 0.815. The number of nitrogens with one attached hydrogen (secondary N) is 2. The van der Waals surface area contributed by atoms with E-state index in [2.05, 4.69) is 20.4 Å². The molecule has 11 heteroatoms. The first-order valence-corrected chi connectivity index (χ1v) is 11.2. The van der Waals surface area contributed by atoms with Crippen LogP contribution >= 0.6 is 11.6 Å². The van der Waals surface area contributed by atoms with Gasteiger partial charge >= 0.3 is 6.36 Å². The van der Waals surface area contributed by atoms with Crippen LogP contribution in [0, 0.1) is 0 Å². The number of hydrogen-bond acceptors (Lipinski definition) is 6. The summed E-state index contributed by atoms with van der Waals surface area (Å²) >= 11 is 5.89. The zero-order chi connectivity index (χ0) is 24.9. The number of ketones is 1. The number of carbonyl (C=O) groups is 2. The topological polar surface area (TPSA) is 89.5 Å². The lowest BCUT2D eigenvalue weighted by Crippen LogP contribution is -2.38. The Morgan fingerprint density at radius 1 is 1.29 bits per heavy atom. The van der Waals surface area contributed by atoms with E-state index in [-0.39, 0.29) is 40.3 Å². The summed E-state index contributed by atoms with van der Waals surface area (Å²) in [6, 6.07) is 5.66. The van der Waals surface area contributed by atoms with Crippen molar-refractivity contribution in [1.29, 1.82) is 0 Å². The molecule has 1 aliphatic rings. The molecule has 34 heavy (non-hydrogen) atoms. The van der Waals surface area contributed by atoms with Gasteiger partial charge in [0.25, 0.3) is 5.91 Å².